The Hall–Kier alpha value is -2.41. The van der Waals surface area contributed by atoms with E-state index >= 15 is 0 Å². The van der Waals surface area contributed by atoms with Gasteiger partial charge in [-0.2, -0.15) is 5.10 Å². The average molecular weight is 330 g/mol. The lowest BCUT2D eigenvalue weighted by molar-refractivity contribution is -0.143. The Morgan fingerprint density at radius 3 is 3.00 bits per heavy atom. The summed E-state index contributed by atoms with van der Waals surface area (Å²) in [5.74, 6) is -0.242. The number of benzene rings is 1. The number of morpholine rings is 1. The first-order valence-electron chi connectivity index (χ1n) is 8.18. The van der Waals surface area contributed by atoms with Gasteiger partial charge in [-0.3, -0.25) is 14.7 Å². The van der Waals surface area contributed by atoms with Crippen LogP contribution in [0.25, 0.3) is 10.9 Å². The molecule has 7 nitrogen and oxygen atoms in total. The molecule has 0 radical (unpaired) electrons. The van der Waals surface area contributed by atoms with E-state index in [1.165, 1.54) is 0 Å². The third-order valence-corrected chi connectivity index (χ3v) is 4.24. The molecule has 1 saturated heterocycles. The lowest BCUT2D eigenvalue weighted by Gasteiger charge is -2.36. The highest BCUT2D eigenvalue weighted by atomic mass is 16.5. The molecule has 1 aromatic carbocycles. The first kappa shape index (κ1) is 16.4. The molecule has 0 spiro atoms. The zero-order valence-corrected chi connectivity index (χ0v) is 13.9. The number of aromatic nitrogens is 2. The van der Waals surface area contributed by atoms with Crippen LogP contribution in [0.5, 0.6) is 0 Å². The largest absolute Gasteiger partial charge is 0.375 e. The number of H-pyrrole nitrogens is 1. The molecule has 2 heterocycles. The Morgan fingerprint density at radius 1 is 1.38 bits per heavy atom. The van der Waals surface area contributed by atoms with Crippen LogP contribution in [0.1, 0.15) is 30.8 Å². The Bertz CT molecular complexity index is 742. The van der Waals surface area contributed by atoms with Gasteiger partial charge in [0.25, 0.3) is 5.91 Å². The van der Waals surface area contributed by atoms with Gasteiger partial charge in [-0.15, -0.1) is 0 Å². The number of hydrogen-bond donors (Lipinski definition) is 2. The van der Waals surface area contributed by atoms with Crippen LogP contribution in [0.4, 0.5) is 0 Å². The van der Waals surface area contributed by atoms with Crippen molar-refractivity contribution < 1.29 is 14.3 Å². The van der Waals surface area contributed by atoms with Crippen molar-refractivity contribution in [1.82, 2.24) is 20.4 Å². The first-order valence-corrected chi connectivity index (χ1v) is 8.18. The van der Waals surface area contributed by atoms with Gasteiger partial charge in [-0.05, 0) is 19.9 Å². The van der Waals surface area contributed by atoms with E-state index < -0.39 is 0 Å². The zero-order valence-electron chi connectivity index (χ0n) is 13.9. The fourth-order valence-electron chi connectivity index (χ4n) is 2.90. The van der Waals surface area contributed by atoms with E-state index in [2.05, 4.69) is 15.5 Å². The van der Waals surface area contributed by atoms with Crippen molar-refractivity contribution in [1.29, 1.82) is 0 Å². The molecule has 1 fully saturated rings. The quantitative estimate of drug-likeness (QED) is 0.885. The Labute approximate surface area is 140 Å². The molecule has 2 amide bonds. The van der Waals surface area contributed by atoms with Crippen LogP contribution in [0.15, 0.2) is 24.3 Å². The number of para-hydroxylation sites is 1. The van der Waals surface area contributed by atoms with Gasteiger partial charge in [0, 0.05) is 24.9 Å². The van der Waals surface area contributed by atoms with Gasteiger partial charge >= 0.3 is 0 Å². The monoisotopic (exact) mass is 330 g/mol. The molecule has 0 aliphatic carbocycles. The SMILES string of the molecule is CC1CN(C(=O)CCNC(=O)c2n[nH]c3ccccc23)C(C)CO1. The van der Waals surface area contributed by atoms with E-state index in [9.17, 15) is 9.59 Å². The van der Waals surface area contributed by atoms with Crippen molar-refractivity contribution in [3.05, 3.63) is 30.0 Å². The number of carbonyl (C=O) groups excluding carboxylic acids is 2. The summed E-state index contributed by atoms with van der Waals surface area (Å²) in [6.45, 7) is 5.36. The molecule has 0 saturated carbocycles. The molecule has 0 bridgehead atoms. The highest BCUT2D eigenvalue weighted by Crippen LogP contribution is 2.15. The maximum Gasteiger partial charge on any atom is 0.272 e. The van der Waals surface area contributed by atoms with Crippen LogP contribution >= 0.6 is 0 Å². The highest BCUT2D eigenvalue weighted by Gasteiger charge is 2.27. The summed E-state index contributed by atoms with van der Waals surface area (Å²) in [6, 6.07) is 7.52. The third-order valence-electron chi connectivity index (χ3n) is 4.24. The van der Waals surface area contributed by atoms with Gasteiger partial charge in [0.15, 0.2) is 5.69 Å². The summed E-state index contributed by atoms with van der Waals surface area (Å²) in [5, 5.41) is 10.4. The van der Waals surface area contributed by atoms with Gasteiger partial charge < -0.3 is 15.0 Å². The van der Waals surface area contributed by atoms with Gasteiger partial charge in [0.2, 0.25) is 5.91 Å². The number of hydrogen-bond acceptors (Lipinski definition) is 4. The van der Waals surface area contributed by atoms with Crippen LogP contribution in [-0.2, 0) is 9.53 Å². The number of rotatable bonds is 4. The normalized spacial score (nSPS) is 21.0. The molecule has 1 aliphatic rings. The number of aromatic amines is 1. The smallest absolute Gasteiger partial charge is 0.272 e. The number of carbonyl (C=O) groups is 2. The molecule has 2 aromatic rings. The van der Waals surface area contributed by atoms with Gasteiger partial charge in [-0.1, -0.05) is 18.2 Å². The number of amides is 2. The molecular weight excluding hydrogens is 308 g/mol. The number of nitrogens with one attached hydrogen (secondary N) is 2. The molecule has 1 aliphatic heterocycles. The number of nitrogens with zero attached hydrogens (tertiary/aromatic N) is 2. The topological polar surface area (TPSA) is 87.3 Å². The molecule has 2 atom stereocenters. The van der Waals surface area contributed by atoms with Crippen LogP contribution in [0, 0.1) is 0 Å². The summed E-state index contributed by atoms with van der Waals surface area (Å²) < 4.78 is 5.53. The number of fused-ring (bicyclic) bond motifs is 1. The van der Waals surface area contributed by atoms with E-state index in [-0.39, 0.29) is 36.9 Å². The number of ether oxygens (including phenoxy) is 1. The van der Waals surface area contributed by atoms with E-state index in [1.807, 2.05) is 43.0 Å². The summed E-state index contributed by atoms with van der Waals surface area (Å²) in [4.78, 5) is 26.4. The minimum absolute atomic E-state index is 0.0323. The van der Waals surface area contributed by atoms with Crippen molar-refractivity contribution >= 4 is 22.7 Å². The fraction of sp³-hybridized carbons (Fsp3) is 0.471. The molecule has 2 unspecified atom stereocenters. The van der Waals surface area contributed by atoms with E-state index in [1.54, 1.807) is 0 Å². The van der Waals surface area contributed by atoms with Crippen molar-refractivity contribution in [2.45, 2.75) is 32.4 Å². The molecule has 2 N–H and O–H groups in total. The fourth-order valence-corrected chi connectivity index (χ4v) is 2.90. The van der Waals surface area contributed by atoms with Gasteiger partial charge in [0.05, 0.1) is 24.3 Å². The maximum atomic E-state index is 12.3. The summed E-state index contributed by atoms with van der Waals surface area (Å²) in [6.07, 6.45) is 0.320. The van der Waals surface area contributed by atoms with E-state index in [4.69, 9.17) is 4.74 Å². The second-order valence-electron chi connectivity index (χ2n) is 6.16. The minimum Gasteiger partial charge on any atom is -0.375 e. The maximum absolute atomic E-state index is 12.3. The summed E-state index contributed by atoms with van der Waals surface area (Å²) in [5.41, 5.74) is 1.17. The predicted molar refractivity (Wildman–Crippen MR) is 89.6 cm³/mol. The van der Waals surface area contributed by atoms with E-state index in [0.717, 1.165) is 10.9 Å². The van der Waals surface area contributed by atoms with Crippen LogP contribution in [0.3, 0.4) is 0 Å². The van der Waals surface area contributed by atoms with Crippen molar-refractivity contribution in [3.63, 3.8) is 0 Å². The Kier molecular flexibility index (Phi) is 4.80. The second-order valence-corrected chi connectivity index (χ2v) is 6.16. The molecule has 24 heavy (non-hydrogen) atoms. The predicted octanol–water partition coefficient (Wildman–Crippen LogP) is 1.32. The summed E-state index contributed by atoms with van der Waals surface area (Å²) in [7, 11) is 0. The van der Waals surface area contributed by atoms with Crippen molar-refractivity contribution in [2.24, 2.45) is 0 Å². The van der Waals surface area contributed by atoms with Crippen molar-refractivity contribution in [2.75, 3.05) is 19.7 Å². The van der Waals surface area contributed by atoms with Crippen molar-refractivity contribution in [3.8, 4) is 0 Å². The lowest BCUT2D eigenvalue weighted by atomic mass is 10.2. The highest BCUT2D eigenvalue weighted by molar-refractivity contribution is 6.04. The molecule has 1 aromatic heterocycles. The minimum atomic E-state index is -0.274. The Balaban J connectivity index is 1.54. The standard InChI is InChI=1S/C17H22N4O3/c1-11-10-24-12(2)9-21(11)15(22)7-8-18-17(23)16-13-5-3-4-6-14(13)19-20-16/h3-6,11-12H,7-10H2,1-2H3,(H,18,23)(H,19,20). The van der Waals surface area contributed by atoms with Crippen LogP contribution < -0.4 is 5.32 Å². The summed E-state index contributed by atoms with van der Waals surface area (Å²) >= 11 is 0. The molecule has 7 heteroatoms. The van der Waals surface area contributed by atoms with Gasteiger partial charge in [0.1, 0.15) is 0 Å². The molecular formula is C17H22N4O3. The van der Waals surface area contributed by atoms with E-state index in [0.29, 0.717) is 18.8 Å². The first-order chi connectivity index (χ1) is 11.6. The van der Waals surface area contributed by atoms with Crippen LogP contribution in [0.2, 0.25) is 0 Å². The third kappa shape index (κ3) is 3.41. The zero-order chi connectivity index (χ0) is 17.1. The average Bonchev–Trinajstić information content (AvgIpc) is 3.01. The lowest BCUT2D eigenvalue weighted by Crippen LogP contribution is -2.50. The Morgan fingerprint density at radius 2 is 2.17 bits per heavy atom. The molecule has 3 rings (SSSR count). The van der Waals surface area contributed by atoms with Crippen LogP contribution in [-0.4, -0.2) is 58.8 Å². The van der Waals surface area contributed by atoms with Gasteiger partial charge in [-0.25, -0.2) is 0 Å². The molecule has 128 valence electrons. The second kappa shape index (κ2) is 7.00.